The zero-order valence-corrected chi connectivity index (χ0v) is 11.9. The Morgan fingerprint density at radius 1 is 1.61 bits per heavy atom. The van der Waals surface area contributed by atoms with Crippen LogP contribution in [0.1, 0.15) is 18.0 Å². The maximum Gasteiger partial charge on any atom is 0.320 e. The van der Waals surface area contributed by atoms with E-state index >= 15 is 0 Å². The van der Waals surface area contributed by atoms with Crippen molar-refractivity contribution >= 4 is 21.9 Å². The number of carbonyl (C=O) groups is 1. The van der Waals surface area contributed by atoms with Crippen LogP contribution in [0.15, 0.2) is 22.7 Å². The van der Waals surface area contributed by atoms with E-state index in [9.17, 15) is 4.79 Å². The summed E-state index contributed by atoms with van der Waals surface area (Å²) in [7, 11) is 3.37. The Balaban J connectivity index is 2.88. The molecule has 0 fully saturated rings. The van der Waals surface area contributed by atoms with Gasteiger partial charge in [-0.15, -0.1) is 0 Å². The second-order valence-corrected chi connectivity index (χ2v) is 4.77. The lowest BCUT2D eigenvalue weighted by Crippen LogP contribution is -2.34. The third kappa shape index (κ3) is 3.69. The Hall–Kier alpha value is -1.11. The summed E-state index contributed by atoms with van der Waals surface area (Å²) >= 11 is 3.40. The first kappa shape index (κ1) is 14.9. The van der Waals surface area contributed by atoms with Gasteiger partial charge in [-0.1, -0.05) is 6.07 Å². The van der Waals surface area contributed by atoms with E-state index in [2.05, 4.69) is 21.2 Å². The summed E-state index contributed by atoms with van der Waals surface area (Å²) in [4.78, 5) is 10.8. The first-order valence-electron chi connectivity index (χ1n) is 5.48. The monoisotopic (exact) mass is 316 g/mol. The lowest BCUT2D eigenvalue weighted by atomic mass is 10.00. The molecule has 0 saturated heterocycles. The van der Waals surface area contributed by atoms with Gasteiger partial charge in [0.05, 0.1) is 11.6 Å². The van der Waals surface area contributed by atoms with Crippen LogP contribution in [-0.2, 0) is 4.79 Å². The van der Waals surface area contributed by atoms with Crippen molar-refractivity contribution in [3.63, 3.8) is 0 Å². The van der Waals surface area contributed by atoms with E-state index in [4.69, 9.17) is 15.6 Å². The van der Waals surface area contributed by atoms with E-state index in [1.54, 1.807) is 14.2 Å². The lowest BCUT2D eigenvalue weighted by molar-refractivity contribution is -0.138. The van der Waals surface area contributed by atoms with Gasteiger partial charge in [0.25, 0.3) is 0 Å². The van der Waals surface area contributed by atoms with E-state index in [-0.39, 0.29) is 6.04 Å². The van der Waals surface area contributed by atoms with Crippen LogP contribution in [0.2, 0.25) is 0 Å². The van der Waals surface area contributed by atoms with Gasteiger partial charge >= 0.3 is 5.97 Å². The van der Waals surface area contributed by atoms with Gasteiger partial charge in [0.15, 0.2) is 0 Å². The van der Waals surface area contributed by atoms with E-state index in [1.807, 2.05) is 18.2 Å². The minimum atomic E-state index is -0.997. The van der Waals surface area contributed by atoms with Gasteiger partial charge in [-0.3, -0.25) is 4.79 Å². The minimum Gasteiger partial charge on any atom is -0.496 e. The predicted molar refractivity (Wildman–Crippen MR) is 72.7 cm³/mol. The zero-order valence-electron chi connectivity index (χ0n) is 10.3. The lowest BCUT2D eigenvalue weighted by Gasteiger charge is -2.19. The smallest absolute Gasteiger partial charge is 0.320 e. The molecule has 0 aliphatic carbocycles. The fourth-order valence-electron chi connectivity index (χ4n) is 1.67. The molecule has 18 heavy (non-hydrogen) atoms. The average molecular weight is 317 g/mol. The molecule has 0 aliphatic rings. The summed E-state index contributed by atoms with van der Waals surface area (Å²) in [5.74, 6) is -0.265. The zero-order chi connectivity index (χ0) is 13.7. The van der Waals surface area contributed by atoms with Gasteiger partial charge in [0.2, 0.25) is 0 Å². The van der Waals surface area contributed by atoms with Gasteiger partial charge < -0.3 is 20.9 Å². The second kappa shape index (κ2) is 6.72. The van der Waals surface area contributed by atoms with Crippen LogP contribution in [0.4, 0.5) is 0 Å². The molecule has 0 radical (unpaired) electrons. The summed E-state index contributed by atoms with van der Waals surface area (Å²) < 4.78 is 5.97. The quantitative estimate of drug-likeness (QED) is 0.741. The Kier molecular flexibility index (Phi) is 5.58. The Labute approximate surface area is 114 Å². The molecule has 0 spiro atoms. The molecule has 0 bridgehead atoms. The molecule has 2 atom stereocenters. The molecule has 0 aliphatic heterocycles. The molecular formula is C12H17BrN2O3. The highest BCUT2D eigenvalue weighted by molar-refractivity contribution is 9.10. The van der Waals surface area contributed by atoms with Crippen LogP contribution < -0.4 is 15.8 Å². The summed E-state index contributed by atoms with van der Waals surface area (Å²) in [6, 6.07) is 4.62. The number of carboxylic acid groups (broad SMARTS) is 1. The Morgan fingerprint density at radius 3 is 2.72 bits per heavy atom. The number of rotatable bonds is 6. The molecule has 1 aromatic rings. The molecule has 4 N–H and O–H groups in total. The number of benzene rings is 1. The number of carboxylic acids is 1. The van der Waals surface area contributed by atoms with Crippen molar-refractivity contribution in [2.24, 2.45) is 5.73 Å². The fourth-order valence-corrected chi connectivity index (χ4v) is 2.23. The van der Waals surface area contributed by atoms with Crippen LogP contribution >= 0.6 is 15.9 Å². The highest BCUT2D eigenvalue weighted by Crippen LogP contribution is 2.29. The second-order valence-electron chi connectivity index (χ2n) is 3.92. The average Bonchev–Trinajstić information content (AvgIpc) is 2.35. The van der Waals surface area contributed by atoms with Crippen LogP contribution in [-0.4, -0.2) is 31.3 Å². The SMILES string of the molecule is CNC(CC(N)C(=O)O)c1ccc(OC)c(Br)c1. The van der Waals surface area contributed by atoms with Crippen LogP contribution in [0.5, 0.6) is 5.75 Å². The van der Waals surface area contributed by atoms with Crippen LogP contribution in [0.3, 0.4) is 0 Å². The van der Waals surface area contributed by atoms with Gasteiger partial charge in [-0.25, -0.2) is 0 Å². The molecule has 5 nitrogen and oxygen atoms in total. The van der Waals surface area contributed by atoms with E-state index in [0.717, 1.165) is 15.8 Å². The summed E-state index contributed by atoms with van der Waals surface area (Å²) in [5, 5.41) is 11.9. The minimum absolute atomic E-state index is 0.113. The molecule has 6 heteroatoms. The highest BCUT2D eigenvalue weighted by atomic mass is 79.9. The Morgan fingerprint density at radius 2 is 2.28 bits per heavy atom. The molecule has 2 unspecified atom stereocenters. The molecule has 1 rings (SSSR count). The number of nitrogens with two attached hydrogens (primary N) is 1. The first-order chi connectivity index (χ1) is 8.49. The largest absolute Gasteiger partial charge is 0.496 e. The standard InChI is InChI=1S/C12H17BrN2O3/c1-15-10(6-9(14)12(16)17)7-3-4-11(18-2)8(13)5-7/h3-5,9-10,15H,6,14H2,1-2H3,(H,16,17). The van der Waals surface area contributed by atoms with Crippen molar-refractivity contribution in [3.05, 3.63) is 28.2 Å². The van der Waals surface area contributed by atoms with Gasteiger partial charge in [-0.2, -0.15) is 0 Å². The van der Waals surface area contributed by atoms with Crippen LogP contribution in [0, 0.1) is 0 Å². The fraction of sp³-hybridized carbons (Fsp3) is 0.417. The molecule has 0 aromatic heterocycles. The molecule has 0 amide bonds. The van der Waals surface area contributed by atoms with Crippen molar-refractivity contribution in [1.29, 1.82) is 0 Å². The maximum atomic E-state index is 10.8. The summed E-state index contributed by atoms with van der Waals surface area (Å²) in [6.07, 6.45) is 0.324. The van der Waals surface area contributed by atoms with Crippen molar-refractivity contribution < 1.29 is 14.6 Å². The third-order valence-electron chi connectivity index (χ3n) is 2.73. The van der Waals surface area contributed by atoms with Crippen molar-refractivity contribution in [2.75, 3.05) is 14.2 Å². The number of ether oxygens (including phenoxy) is 1. The Bertz CT molecular complexity index is 426. The number of aliphatic carboxylic acids is 1. The summed E-state index contributed by atoms with van der Waals surface area (Å²) in [6.45, 7) is 0. The van der Waals surface area contributed by atoms with Crippen molar-refractivity contribution in [3.8, 4) is 5.75 Å². The van der Waals surface area contributed by atoms with Gasteiger partial charge in [-0.05, 0) is 47.1 Å². The molecule has 0 saturated carbocycles. The number of methoxy groups -OCH3 is 1. The molecule has 100 valence electrons. The van der Waals surface area contributed by atoms with Crippen LogP contribution in [0.25, 0.3) is 0 Å². The van der Waals surface area contributed by atoms with Gasteiger partial charge in [0.1, 0.15) is 11.8 Å². The predicted octanol–water partition coefficient (Wildman–Crippen LogP) is 1.52. The van der Waals surface area contributed by atoms with Crippen molar-refractivity contribution in [1.82, 2.24) is 5.32 Å². The number of hydrogen-bond acceptors (Lipinski definition) is 4. The number of nitrogens with one attached hydrogen (secondary N) is 1. The maximum absolute atomic E-state index is 10.8. The first-order valence-corrected chi connectivity index (χ1v) is 6.28. The molecule has 0 heterocycles. The normalized spacial score (nSPS) is 14.0. The molecule has 1 aromatic carbocycles. The molecular weight excluding hydrogens is 300 g/mol. The number of halogens is 1. The summed E-state index contributed by atoms with van der Waals surface area (Å²) in [5.41, 5.74) is 6.51. The van der Waals surface area contributed by atoms with Gasteiger partial charge in [0, 0.05) is 6.04 Å². The topological polar surface area (TPSA) is 84.6 Å². The highest BCUT2D eigenvalue weighted by Gasteiger charge is 2.19. The van der Waals surface area contributed by atoms with Crippen molar-refractivity contribution in [2.45, 2.75) is 18.5 Å². The van der Waals surface area contributed by atoms with E-state index in [0.29, 0.717) is 6.42 Å². The third-order valence-corrected chi connectivity index (χ3v) is 3.35. The van der Waals surface area contributed by atoms with E-state index in [1.165, 1.54) is 0 Å². The number of hydrogen-bond donors (Lipinski definition) is 3. The van der Waals surface area contributed by atoms with E-state index < -0.39 is 12.0 Å².